The van der Waals surface area contributed by atoms with Crippen LogP contribution in [0.5, 0.6) is 0 Å². The van der Waals surface area contributed by atoms with E-state index in [-0.39, 0.29) is 22.0 Å². The summed E-state index contributed by atoms with van der Waals surface area (Å²) in [5.41, 5.74) is 0.617. The van der Waals surface area contributed by atoms with Crippen LogP contribution in [-0.4, -0.2) is 19.5 Å². The number of hydrogen-bond donors (Lipinski definition) is 0. The Bertz CT molecular complexity index is 918. The lowest BCUT2D eigenvalue weighted by molar-refractivity contribution is -0.147. The van der Waals surface area contributed by atoms with E-state index in [0.717, 1.165) is 10.8 Å². The first-order valence-corrected chi connectivity index (χ1v) is 7.34. The monoisotopic (exact) mass is 358 g/mol. The van der Waals surface area contributed by atoms with Crippen LogP contribution in [0.4, 0.5) is 17.6 Å². The maximum Gasteiger partial charge on any atom is 0.449 e. The van der Waals surface area contributed by atoms with E-state index < -0.39 is 23.9 Å². The number of fused-ring (bicyclic) bond motifs is 1. The predicted octanol–water partition coefficient (Wildman–Crippen LogP) is 4.89. The van der Waals surface area contributed by atoms with Gasteiger partial charge in [0.2, 0.25) is 11.1 Å². The van der Waals surface area contributed by atoms with E-state index in [1.54, 1.807) is 13.8 Å². The third kappa shape index (κ3) is 2.82. The third-order valence-corrected chi connectivity index (χ3v) is 3.63. The lowest BCUT2D eigenvalue weighted by Gasteiger charge is -2.15. The molecule has 126 valence electrons. The highest BCUT2D eigenvalue weighted by Crippen LogP contribution is 2.35. The average molecular weight is 359 g/mol. The summed E-state index contributed by atoms with van der Waals surface area (Å²) in [7, 11) is 0. The summed E-state index contributed by atoms with van der Waals surface area (Å²) in [6.07, 6.45) is -3.68. The van der Waals surface area contributed by atoms with E-state index in [1.807, 2.05) is 0 Å². The van der Waals surface area contributed by atoms with Crippen LogP contribution in [0, 0.1) is 5.82 Å². The number of rotatable bonds is 2. The second kappa shape index (κ2) is 5.70. The molecule has 0 unspecified atom stereocenters. The summed E-state index contributed by atoms with van der Waals surface area (Å²) in [6.45, 7) is 3.23. The van der Waals surface area contributed by atoms with Crippen LogP contribution in [0.15, 0.2) is 24.4 Å². The van der Waals surface area contributed by atoms with E-state index in [9.17, 15) is 17.6 Å². The van der Waals surface area contributed by atoms with Crippen molar-refractivity contribution in [2.24, 2.45) is 0 Å². The van der Waals surface area contributed by atoms with Gasteiger partial charge in [0.15, 0.2) is 5.82 Å². The van der Waals surface area contributed by atoms with Crippen molar-refractivity contribution < 1.29 is 17.6 Å². The summed E-state index contributed by atoms with van der Waals surface area (Å²) in [5.74, 6) is -1.71. The average Bonchev–Trinajstić information content (AvgIpc) is 2.88. The minimum Gasteiger partial charge on any atom is -0.318 e. The minimum absolute atomic E-state index is 0.0815. The first kappa shape index (κ1) is 16.6. The van der Waals surface area contributed by atoms with Gasteiger partial charge in [0.25, 0.3) is 0 Å². The molecule has 0 aliphatic heterocycles. The number of nitrogens with zero attached hydrogens (tertiary/aromatic N) is 4. The van der Waals surface area contributed by atoms with Crippen molar-refractivity contribution in [3.05, 3.63) is 41.3 Å². The van der Waals surface area contributed by atoms with Gasteiger partial charge in [-0.15, -0.1) is 0 Å². The zero-order valence-corrected chi connectivity index (χ0v) is 13.3. The van der Waals surface area contributed by atoms with E-state index in [4.69, 9.17) is 11.6 Å². The summed E-state index contributed by atoms with van der Waals surface area (Å²) in [6, 6.07) is 3.77. The van der Waals surface area contributed by atoms with Crippen LogP contribution in [0.25, 0.3) is 22.3 Å². The summed E-state index contributed by atoms with van der Waals surface area (Å²) in [4.78, 5) is 11.0. The lowest BCUT2D eigenvalue weighted by atomic mass is 10.1. The van der Waals surface area contributed by atoms with E-state index in [0.29, 0.717) is 5.56 Å². The molecular weight excluding hydrogens is 348 g/mol. The Labute approximate surface area is 139 Å². The van der Waals surface area contributed by atoms with Crippen molar-refractivity contribution in [1.29, 1.82) is 0 Å². The number of hydrogen-bond acceptors (Lipinski definition) is 3. The van der Waals surface area contributed by atoms with E-state index >= 15 is 0 Å². The van der Waals surface area contributed by atoms with Crippen LogP contribution in [0.3, 0.4) is 0 Å². The molecule has 3 rings (SSSR count). The van der Waals surface area contributed by atoms with Gasteiger partial charge in [-0.3, -0.25) is 0 Å². The zero-order chi connectivity index (χ0) is 17.6. The normalized spacial score (nSPS) is 12.3. The quantitative estimate of drug-likeness (QED) is 0.484. The number of halogens is 5. The molecule has 3 aromatic rings. The van der Waals surface area contributed by atoms with Gasteiger partial charge in [0.05, 0.1) is 17.2 Å². The zero-order valence-electron chi connectivity index (χ0n) is 12.6. The molecular formula is C15H11ClF4N4. The molecule has 0 radical (unpaired) electrons. The van der Waals surface area contributed by atoms with Gasteiger partial charge in [-0.25, -0.2) is 19.3 Å². The molecule has 2 aromatic heterocycles. The molecule has 2 heterocycles. The molecule has 0 saturated carbocycles. The molecule has 4 nitrogen and oxygen atoms in total. The first-order valence-electron chi connectivity index (χ1n) is 6.96. The second-order valence-corrected chi connectivity index (χ2v) is 5.77. The molecule has 0 amide bonds. The molecule has 0 fully saturated rings. The molecule has 0 saturated heterocycles. The van der Waals surface area contributed by atoms with Crippen molar-refractivity contribution >= 4 is 22.6 Å². The Hall–Kier alpha value is -2.22. The topological polar surface area (TPSA) is 43.6 Å². The molecule has 0 bridgehead atoms. The number of alkyl halides is 3. The van der Waals surface area contributed by atoms with Crippen molar-refractivity contribution in [2.45, 2.75) is 26.1 Å². The third-order valence-electron chi connectivity index (χ3n) is 3.45. The standard InChI is InChI=1S/C15H11ClF4N4/c1-7(2)24-11-5-8(12-9(17)6-21-14(16)23-12)3-4-10(11)22-13(24)15(18,19)20/h3-7H,1-2H3. The van der Waals surface area contributed by atoms with Crippen molar-refractivity contribution in [3.8, 4) is 11.3 Å². The number of aromatic nitrogens is 4. The lowest BCUT2D eigenvalue weighted by Crippen LogP contribution is -2.16. The maximum atomic E-state index is 13.9. The maximum absolute atomic E-state index is 13.9. The molecule has 1 aromatic carbocycles. The molecule has 0 N–H and O–H groups in total. The van der Waals surface area contributed by atoms with Crippen LogP contribution < -0.4 is 0 Å². The van der Waals surface area contributed by atoms with Gasteiger partial charge in [0, 0.05) is 11.6 Å². The Morgan fingerprint density at radius 1 is 1.17 bits per heavy atom. The van der Waals surface area contributed by atoms with Gasteiger partial charge in [-0.2, -0.15) is 13.2 Å². The highest BCUT2D eigenvalue weighted by molar-refractivity contribution is 6.28. The van der Waals surface area contributed by atoms with Crippen LogP contribution >= 0.6 is 11.6 Å². The Balaban J connectivity index is 2.28. The summed E-state index contributed by atoms with van der Waals surface area (Å²) in [5, 5.41) is -0.153. The number of benzene rings is 1. The second-order valence-electron chi connectivity index (χ2n) is 5.44. The van der Waals surface area contributed by atoms with E-state index in [1.165, 1.54) is 18.2 Å². The highest BCUT2D eigenvalue weighted by atomic mass is 35.5. The van der Waals surface area contributed by atoms with Gasteiger partial charge >= 0.3 is 6.18 Å². The predicted molar refractivity (Wildman–Crippen MR) is 81.1 cm³/mol. The van der Waals surface area contributed by atoms with Crippen molar-refractivity contribution in [1.82, 2.24) is 19.5 Å². The highest BCUT2D eigenvalue weighted by Gasteiger charge is 2.38. The first-order chi connectivity index (χ1) is 11.2. The van der Waals surface area contributed by atoms with Crippen LogP contribution in [0.1, 0.15) is 25.7 Å². The Morgan fingerprint density at radius 2 is 1.88 bits per heavy atom. The Morgan fingerprint density at radius 3 is 2.50 bits per heavy atom. The summed E-state index contributed by atoms with van der Waals surface area (Å²) >= 11 is 5.68. The fourth-order valence-corrected chi connectivity index (χ4v) is 2.64. The molecule has 24 heavy (non-hydrogen) atoms. The van der Waals surface area contributed by atoms with Crippen LogP contribution in [0.2, 0.25) is 5.28 Å². The fourth-order valence-electron chi connectivity index (χ4n) is 2.51. The van der Waals surface area contributed by atoms with Crippen molar-refractivity contribution in [2.75, 3.05) is 0 Å². The fraction of sp³-hybridized carbons (Fsp3) is 0.267. The molecule has 0 aliphatic carbocycles. The van der Waals surface area contributed by atoms with Crippen LogP contribution in [-0.2, 0) is 6.18 Å². The SMILES string of the molecule is CC(C)n1c(C(F)(F)F)nc2ccc(-c3nc(Cl)ncc3F)cc21. The molecule has 0 aliphatic rings. The Kier molecular flexibility index (Phi) is 3.95. The minimum atomic E-state index is -4.59. The largest absolute Gasteiger partial charge is 0.449 e. The smallest absolute Gasteiger partial charge is 0.318 e. The summed E-state index contributed by atoms with van der Waals surface area (Å²) < 4.78 is 54.6. The molecule has 9 heteroatoms. The van der Waals surface area contributed by atoms with Gasteiger partial charge in [-0.1, -0.05) is 6.07 Å². The van der Waals surface area contributed by atoms with Gasteiger partial charge < -0.3 is 4.57 Å². The molecule has 0 spiro atoms. The van der Waals surface area contributed by atoms with E-state index in [2.05, 4.69) is 15.0 Å². The van der Waals surface area contributed by atoms with Gasteiger partial charge in [0.1, 0.15) is 5.69 Å². The van der Waals surface area contributed by atoms with Crippen molar-refractivity contribution in [3.63, 3.8) is 0 Å². The number of imidazole rings is 1. The van der Waals surface area contributed by atoms with Gasteiger partial charge in [-0.05, 0) is 37.6 Å². The molecule has 0 atom stereocenters.